The number of aryl methyl sites for hydroxylation is 1. The number of carbonyl (C=O) groups is 1. The fraction of sp³-hybridized carbons (Fsp3) is 0.125. The molecule has 0 saturated heterocycles. The summed E-state index contributed by atoms with van der Waals surface area (Å²) in [6.45, 7) is 1.72. The Morgan fingerprint density at radius 1 is 1.08 bits per heavy atom. The summed E-state index contributed by atoms with van der Waals surface area (Å²) < 4.78 is 27.7. The van der Waals surface area contributed by atoms with Crippen molar-refractivity contribution in [2.45, 2.75) is 24.3 Å². The number of phenolic OH excluding ortho intramolecular Hbond substituents is 1. The maximum Gasteiger partial charge on any atom is 0.342 e. The number of hydrogen-bond donors (Lipinski definition) is 3. The average molecular weight is 536 g/mol. The molecule has 0 fully saturated rings. The zero-order chi connectivity index (χ0) is 26.0. The van der Waals surface area contributed by atoms with E-state index in [9.17, 15) is 18.3 Å². The number of benzene rings is 2. The van der Waals surface area contributed by atoms with Crippen LogP contribution in [0.2, 0.25) is 0 Å². The van der Waals surface area contributed by atoms with Crippen LogP contribution < -0.4 is 10.0 Å². The van der Waals surface area contributed by atoms with Gasteiger partial charge in [0.25, 0.3) is 10.0 Å². The molecule has 0 spiro atoms. The van der Waals surface area contributed by atoms with Gasteiger partial charge in [-0.15, -0.1) is 10.2 Å². The Morgan fingerprint density at radius 2 is 1.86 bits per heavy atom. The first-order chi connectivity index (χ1) is 17.8. The summed E-state index contributed by atoms with van der Waals surface area (Å²) in [6.07, 6.45) is 3.70. The van der Waals surface area contributed by atoms with E-state index in [4.69, 9.17) is 0 Å². The number of nitrogens with zero attached hydrogens (tertiary/aromatic N) is 5. The van der Waals surface area contributed by atoms with Gasteiger partial charge in [-0.25, -0.2) is 18.2 Å². The van der Waals surface area contributed by atoms with Gasteiger partial charge >= 0.3 is 6.03 Å². The van der Waals surface area contributed by atoms with Crippen LogP contribution in [0.1, 0.15) is 28.6 Å². The topological polar surface area (TPSA) is 150 Å². The monoisotopic (exact) mass is 535 g/mol. The molecule has 1 atom stereocenters. The van der Waals surface area contributed by atoms with Crippen LogP contribution in [0.15, 0.2) is 83.1 Å². The van der Waals surface area contributed by atoms with E-state index in [1.54, 1.807) is 49.6 Å². The van der Waals surface area contributed by atoms with Crippen molar-refractivity contribution in [3.8, 4) is 5.75 Å². The molecule has 2 aromatic heterocycles. The first-order valence-electron chi connectivity index (χ1n) is 11.1. The van der Waals surface area contributed by atoms with Crippen LogP contribution in [-0.4, -0.2) is 45.5 Å². The number of nitrogens with one attached hydrogen (secondary N) is 2. The lowest BCUT2D eigenvalue weighted by Gasteiger charge is -2.23. The third-order valence-corrected chi connectivity index (χ3v) is 7.81. The molecule has 1 unspecified atom stereocenters. The van der Waals surface area contributed by atoms with Gasteiger partial charge < -0.3 is 10.4 Å². The highest BCUT2D eigenvalue weighted by molar-refractivity contribution is 7.93. The number of aromatic hydroxyl groups is 1. The van der Waals surface area contributed by atoms with Crippen LogP contribution >= 0.6 is 11.3 Å². The molecule has 11 nitrogen and oxygen atoms in total. The van der Waals surface area contributed by atoms with E-state index >= 15 is 0 Å². The van der Waals surface area contributed by atoms with Gasteiger partial charge in [-0.05, 0) is 43.3 Å². The van der Waals surface area contributed by atoms with E-state index in [-0.39, 0.29) is 15.8 Å². The molecule has 3 heterocycles. The van der Waals surface area contributed by atoms with Crippen molar-refractivity contribution in [1.82, 2.24) is 20.2 Å². The number of para-hydroxylation sites is 1. The minimum atomic E-state index is -3.87. The maximum absolute atomic E-state index is 13.3. The van der Waals surface area contributed by atoms with Crippen LogP contribution in [0.5, 0.6) is 5.75 Å². The molecule has 0 saturated carbocycles. The Bertz CT molecular complexity index is 1570. The van der Waals surface area contributed by atoms with Crippen LogP contribution in [-0.2, 0) is 10.0 Å². The van der Waals surface area contributed by atoms with E-state index in [2.05, 4.69) is 30.3 Å². The highest BCUT2D eigenvalue weighted by Crippen LogP contribution is 2.37. The van der Waals surface area contributed by atoms with Gasteiger partial charge in [0.15, 0.2) is 0 Å². The molecule has 0 radical (unpaired) electrons. The van der Waals surface area contributed by atoms with Gasteiger partial charge in [0.1, 0.15) is 10.8 Å². The molecule has 1 aliphatic rings. The summed E-state index contributed by atoms with van der Waals surface area (Å²) in [6, 6.07) is 15.1. The SMILES string of the molecule is Cc1nnc(NS(=O)(=O)c2ccc(NC(=O)N3N=C(c4cccnc4)CC3c3ccccc3O)cc2)s1. The van der Waals surface area contributed by atoms with E-state index in [0.29, 0.717) is 28.4 Å². The second kappa shape index (κ2) is 9.95. The van der Waals surface area contributed by atoms with E-state index in [1.807, 2.05) is 6.07 Å². The molecule has 1 aliphatic heterocycles. The number of urea groups is 1. The molecular formula is C24H21N7O4S2. The number of pyridine rings is 1. The van der Waals surface area contributed by atoms with Crippen molar-refractivity contribution in [1.29, 1.82) is 0 Å². The van der Waals surface area contributed by atoms with Crippen LogP contribution in [0.4, 0.5) is 15.6 Å². The number of amides is 2. The van der Waals surface area contributed by atoms with Crippen molar-refractivity contribution in [3.63, 3.8) is 0 Å². The van der Waals surface area contributed by atoms with Crippen molar-refractivity contribution in [2.24, 2.45) is 5.10 Å². The Balaban J connectivity index is 1.36. The minimum Gasteiger partial charge on any atom is -0.508 e. The molecule has 0 aliphatic carbocycles. The van der Waals surface area contributed by atoms with Gasteiger partial charge in [0.2, 0.25) is 5.13 Å². The molecule has 4 aromatic rings. The Morgan fingerprint density at radius 3 is 2.54 bits per heavy atom. The normalized spacial score (nSPS) is 15.3. The lowest BCUT2D eigenvalue weighted by Crippen LogP contribution is -2.31. The van der Waals surface area contributed by atoms with E-state index in [1.165, 1.54) is 29.3 Å². The molecule has 188 valence electrons. The van der Waals surface area contributed by atoms with Crippen molar-refractivity contribution < 1.29 is 18.3 Å². The second-order valence-corrected chi connectivity index (χ2v) is 11.0. The molecule has 2 aromatic carbocycles. The Kier molecular flexibility index (Phi) is 6.54. The summed E-state index contributed by atoms with van der Waals surface area (Å²) in [5, 5.41) is 27.4. The first kappa shape index (κ1) is 24.3. The van der Waals surface area contributed by atoms with E-state index in [0.717, 1.165) is 16.9 Å². The number of hydrazone groups is 1. The summed E-state index contributed by atoms with van der Waals surface area (Å²) in [5.74, 6) is 0.0561. The number of phenols is 1. The van der Waals surface area contributed by atoms with Crippen molar-refractivity contribution >= 4 is 43.9 Å². The third kappa shape index (κ3) is 5.27. The summed E-state index contributed by atoms with van der Waals surface area (Å²) >= 11 is 1.12. The predicted octanol–water partition coefficient (Wildman–Crippen LogP) is 4.13. The molecule has 13 heteroatoms. The molecule has 0 bridgehead atoms. The summed E-state index contributed by atoms with van der Waals surface area (Å²) in [4.78, 5) is 17.4. The standard InChI is InChI=1S/C24H21N7O4S2/c1-15-27-28-23(36-15)30-37(34,35)18-10-8-17(9-11-18)26-24(33)31-21(19-6-2-3-7-22(19)32)13-20(29-31)16-5-4-12-25-14-16/h2-12,14,21,32H,13H2,1H3,(H,26,33)(H,28,30). The highest BCUT2D eigenvalue weighted by Gasteiger charge is 2.34. The maximum atomic E-state index is 13.3. The summed E-state index contributed by atoms with van der Waals surface area (Å²) in [7, 11) is -3.87. The molecule has 2 amide bonds. The molecule has 3 N–H and O–H groups in total. The predicted molar refractivity (Wildman–Crippen MR) is 139 cm³/mol. The fourth-order valence-corrected chi connectivity index (χ4v) is 5.65. The van der Waals surface area contributed by atoms with Crippen molar-refractivity contribution in [3.05, 3.63) is 89.2 Å². The zero-order valence-electron chi connectivity index (χ0n) is 19.4. The number of carbonyl (C=O) groups excluding carboxylic acids is 1. The lowest BCUT2D eigenvalue weighted by atomic mass is 9.98. The Labute approximate surface area is 216 Å². The quantitative estimate of drug-likeness (QED) is 0.336. The van der Waals surface area contributed by atoms with Gasteiger partial charge in [-0.2, -0.15) is 5.10 Å². The number of aromatic nitrogens is 3. The number of rotatable bonds is 6. The smallest absolute Gasteiger partial charge is 0.342 e. The van der Waals surface area contributed by atoms with Crippen molar-refractivity contribution in [2.75, 3.05) is 10.0 Å². The average Bonchev–Trinajstić information content (AvgIpc) is 3.51. The van der Waals surface area contributed by atoms with Crippen LogP contribution in [0.3, 0.4) is 0 Å². The Hall–Kier alpha value is -4.36. The van der Waals surface area contributed by atoms with Gasteiger partial charge in [-0.1, -0.05) is 35.6 Å². The van der Waals surface area contributed by atoms with Gasteiger partial charge in [0.05, 0.1) is 16.6 Å². The number of anilines is 2. The zero-order valence-corrected chi connectivity index (χ0v) is 21.1. The molecule has 5 rings (SSSR count). The highest BCUT2D eigenvalue weighted by atomic mass is 32.2. The molecular weight excluding hydrogens is 514 g/mol. The largest absolute Gasteiger partial charge is 0.508 e. The lowest BCUT2D eigenvalue weighted by molar-refractivity contribution is 0.199. The number of hydrogen-bond acceptors (Lipinski definition) is 9. The van der Waals surface area contributed by atoms with E-state index < -0.39 is 22.1 Å². The van der Waals surface area contributed by atoms with Crippen LogP contribution in [0.25, 0.3) is 0 Å². The van der Waals surface area contributed by atoms with Gasteiger partial charge in [-0.3, -0.25) is 9.71 Å². The first-order valence-corrected chi connectivity index (χ1v) is 13.4. The summed E-state index contributed by atoms with van der Waals surface area (Å²) in [5.41, 5.74) is 2.35. The minimum absolute atomic E-state index is 0.00323. The second-order valence-electron chi connectivity index (χ2n) is 8.10. The fourth-order valence-electron chi connectivity index (χ4n) is 3.83. The van der Waals surface area contributed by atoms with Gasteiger partial charge in [0, 0.05) is 35.6 Å². The van der Waals surface area contributed by atoms with Crippen LogP contribution in [0, 0.1) is 6.92 Å². The molecule has 37 heavy (non-hydrogen) atoms. The number of sulfonamides is 1. The third-order valence-electron chi connectivity index (χ3n) is 5.57.